The molecule has 1 aromatic carbocycles. The SMILES string of the molecule is Fc1ccc(Oc2cncc(Br)c2)cc1C(F)(F)F. The second kappa shape index (κ2) is 5.16. The number of hydrogen-bond donors (Lipinski definition) is 0. The number of rotatable bonds is 2. The number of nitrogens with zero attached hydrogens (tertiary/aromatic N) is 1. The third-order valence-electron chi connectivity index (χ3n) is 2.16. The van der Waals surface area contributed by atoms with Crippen LogP contribution in [0.25, 0.3) is 0 Å². The van der Waals surface area contributed by atoms with Crippen molar-refractivity contribution in [3.8, 4) is 11.5 Å². The van der Waals surface area contributed by atoms with Gasteiger partial charge in [-0.05, 0) is 40.2 Å². The molecule has 2 aromatic rings. The Morgan fingerprint density at radius 2 is 1.79 bits per heavy atom. The fourth-order valence-corrected chi connectivity index (χ4v) is 1.71. The third kappa shape index (κ3) is 3.44. The minimum absolute atomic E-state index is 0.117. The van der Waals surface area contributed by atoms with Crippen LogP contribution in [-0.4, -0.2) is 4.98 Å². The number of pyridine rings is 1. The van der Waals surface area contributed by atoms with Crippen LogP contribution in [0, 0.1) is 5.82 Å². The smallest absolute Gasteiger partial charge is 0.419 e. The van der Waals surface area contributed by atoms with Gasteiger partial charge < -0.3 is 4.74 Å². The molecule has 0 aliphatic carbocycles. The number of aromatic nitrogens is 1. The zero-order chi connectivity index (χ0) is 14.0. The van der Waals surface area contributed by atoms with E-state index in [2.05, 4.69) is 20.9 Å². The highest BCUT2D eigenvalue weighted by Crippen LogP contribution is 2.34. The summed E-state index contributed by atoms with van der Waals surface area (Å²) in [6.07, 6.45) is -1.93. The van der Waals surface area contributed by atoms with Crippen molar-refractivity contribution in [1.29, 1.82) is 0 Å². The molecule has 0 fully saturated rings. The van der Waals surface area contributed by atoms with E-state index in [-0.39, 0.29) is 11.5 Å². The van der Waals surface area contributed by atoms with Gasteiger partial charge in [-0.1, -0.05) is 0 Å². The highest BCUT2D eigenvalue weighted by Gasteiger charge is 2.34. The van der Waals surface area contributed by atoms with Gasteiger partial charge in [-0.25, -0.2) is 4.39 Å². The molecule has 2 nitrogen and oxygen atoms in total. The Labute approximate surface area is 114 Å². The zero-order valence-electron chi connectivity index (χ0n) is 9.21. The minimum Gasteiger partial charge on any atom is -0.456 e. The van der Waals surface area contributed by atoms with Gasteiger partial charge in [0.2, 0.25) is 0 Å². The van der Waals surface area contributed by atoms with E-state index >= 15 is 0 Å². The van der Waals surface area contributed by atoms with Crippen molar-refractivity contribution in [2.45, 2.75) is 6.18 Å². The largest absolute Gasteiger partial charge is 0.456 e. The van der Waals surface area contributed by atoms with Crippen molar-refractivity contribution < 1.29 is 22.3 Å². The molecule has 0 aliphatic rings. The lowest BCUT2D eigenvalue weighted by molar-refractivity contribution is -0.140. The summed E-state index contributed by atoms with van der Waals surface area (Å²) >= 11 is 3.15. The average Bonchev–Trinajstić information content (AvgIpc) is 2.30. The van der Waals surface area contributed by atoms with Crippen molar-refractivity contribution in [3.05, 3.63) is 52.5 Å². The van der Waals surface area contributed by atoms with E-state index in [1.807, 2.05) is 0 Å². The molecule has 19 heavy (non-hydrogen) atoms. The number of benzene rings is 1. The Bertz CT molecular complexity index is 601. The number of hydrogen-bond acceptors (Lipinski definition) is 2. The molecule has 0 radical (unpaired) electrons. The van der Waals surface area contributed by atoms with Crippen LogP contribution in [-0.2, 0) is 6.18 Å². The van der Waals surface area contributed by atoms with E-state index in [1.165, 1.54) is 18.5 Å². The van der Waals surface area contributed by atoms with E-state index in [0.29, 0.717) is 16.6 Å². The topological polar surface area (TPSA) is 22.1 Å². The summed E-state index contributed by atoms with van der Waals surface area (Å²) < 4.78 is 56.4. The summed E-state index contributed by atoms with van der Waals surface area (Å²) in [5, 5.41) is 0. The lowest BCUT2D eigenvalue weighted by Crippen LogP contribution is -2.08. The maximum Gasteiger partial charge on any atom is 0.419 e. The first-order valence-electron chi connectivity index (χ1n) is 5.01. The Kier molecular flexibility index (Phi) is 3.75. The van der Waals surface area contributed by atoms with Crippen molar-refractivity contribution in [1.82, 2.24) is 4.98 Å². The molecule has 2 rings (SSSR count). The van der Waals surface area contributed by atoms with E-state index in [9.17, 15) is 17.6 Å². The zero-order valence-corrected chi connectivity index (χ0v) is 10.8. The van der Waals surface area contributed by atoms with Gasteiger partial charge in [-0.15, -0.1) is 0 Å². The number of alkyl halides is 3. The van der Waals surface area contributed by atoms with Gasteiger partial charge >= 0.3 is 6.18 Å². The molecule has 0 spiro atoms. The normalized spacial score (nSPS) is 11.4. The number of halogens is 5. The maximum atomic E-state index is 13.1. The third-order valence-corrected chi connectivity index (χ3v) is 2.59. The molecule has 7 heteroatoms. The number of ether oxygens (including phenoxy) is 1. The van der Waals surface area contributed by atoms with Crippen LogP contribution < -0.4 is 4.74 Å². The van der Waals surface area contributed by atoms with Crippen LogP contribution in [0.15, 0.2) is 41.1 Å². The highest BCUT2D eigenvalue weighted by atomic mass is 79.9. The van der Waals surface area contributed by atoms with Crippen molar-refractivity contribution in [2.75, 3.05) is 0 Å². The Morgan fingerprint density at radius 1 is 1.05 bits per heavy atom. The van der Waals surface area contributed by atoms with Crippen molar-refractivity contribution in [2.24, 2.45) is 0 Å². The van der Waals surface area contributed by atoms with E-state index in [1.54, 1.807) is 0 Å². The molecule has 100 valence electrons. The molecule has 0 aliphatic heterocycles. The highest BCUT2D eigenvalue weighted by molar-refractivity contribution is 9.10. The van der Waals surface area contributed by atoms with Gasteiger partial charge in [0.25, 0.3) is 0 Å². The van der Waals surface area contributed by atoms with Crippen LogP contribution in [0.4, 0.5) is 17.6 Å². The molecule has 0 N–H and O–H groups in total. The standard InChI is InChI=1S/C12H6BrF4NO/c13-7-3-9(6-18-5-7)19-8-1-2-11(14)10(4-8)12(15,16)17/h1-6H. The van der Waals surface area contributed by atoms with Crippen LogP contribution >= 0.6 is 15.9 Å². The predicted molar refractivity (Wildman–Crippen MR) is 63.4 cm³/mol. The molecular formula is C12H6BrF4NO. The first-order chi connectivity index (χ1) is 8.86. The molecule has 1 aromatic heterocycles. The molecule has 0 unspecified atom stereocenters. The van der Waals surface area contributed by atoms with Gasteiger partial charge in [0, 0.05) is 10.7 Å². The maximum absolute atomic E-state index is 13.1. The summed E-state index contributed by atoms with van der Waals surface area (Å²) in [7, 11) is 0. The van der Waals surface area contributed by atoms with Crippen LogP contribution in [0.3, 0.4) is 0 Å². The predicted octanol–water partition coefficient (Wildman–Crippen LogP) is 4.79. The van der Waals surface area contributed by atoms with Gasteiger partial charge in [0.1, 0.15) is 17.3 Å². The second-order valence-corrected chi connectivity index (χ2v) is 4.50. The average molecular weight is 336 g/mol. The monoisotopic (exact) mass is 335 g/mol. The van der Waals surface area contributed by atoms with Gasteiger partial charge in [-0.3, -0.25) is 4.98 Å². The second-order valence-electron chi connectivity index (χ2n) is 3.58. The van der Waals surface area contributed by atoms with Crippen LogP contribution in [0.2, 0.25) is 0 Å². The molecule has 0 atom stereocenters. The van der Waals surface area contributed by atoms with Gasteiger partial charge in [0.15, 0.2) is 0 Å². The van der Waals surface area contributed by atoms with Gasteiger partial charge in [-0.2, -0.15) is 13.2 Å². The fraction of sp³-hybridized carbons (Fsp3) is 0.0833. The fourth-order valence-electron chi connectivity index (χ4n) is 1.37. The van der Waals surface area contributed by atoms with Crippen molar-refractivity contribution >= 4 is 15.9 Å². The quantitative estimate of drug-likeness (QED) is 0.736. The van der Waals surface area contributed by atoms with E-state index in [0.717, 1.165) is 6.07 Å². The first-order valence-corrected chi connectivity index (χ1v) is 5.81. The van der Waals surface area contributed by atoms with Crippen LogP contribution in [0.5, 0.6) is 11.5 Å². The molecule has 1 heterocycles. The Morgan fingerprint density at radius 3 is 2.42 bits per heavy atom. The first kappa shape index (κ1) is 13.8. The van der Waals surface area contributed by atoms with Crippen LogP contribution in [0.1, 0.15) is 5.56 Å². The van der Waals surface area contributed by atoms with Gasteiger partial charge in [0.05, 0.1) is 11.8 Å². The molecule has 0 bridgehead atoms. The molecular weight excluding hydrogens is 330 g/mol. The summed E-state index contributed by atoms with van der Waals surface area (Å²) in [4.78, 5) is 3.80. The molecule has 0 saturated heterocycles. The Hall–Kier alpha value is -1.63. The Balaban J connectivity index is 2.32. The summed E-state index contributed by atoms with van der Waals surface area (Å²) in [6, 6.07) is 3.97. The van der Waals surface area contributed by atoms with Crippen molar-refractivity contribution in [3.63, 3.8) is 0 Å². The van der Waals surface area contributed by atoms with E-state index < -0.39 is 17.6 Å². The summed E-state index contributed by atoms with van der Waals surface area (Å²) in [6.45, 7) is 0. The lowest BCUT2D eigenvalue weighted by atomic mass is 10.2. The summed E-state index contributed by atoms with van der Waals surface area (Å²) in [5.74, 6) is -1.21. The molecule has 0 saturated carbocycles. The summed E-state index contributed by atoms with van der Waals surface area (Å²) in [5.41, 5.74) is -1.37. The minimum atomic E-state index is -4.76. The molecule has 0 amide bonds. The van der Waals surface area contributed by atoms with E-state index in [4.69, 9.17) is 4.74 Å². The lowest BCUT2D eigenvalue weighted by Gasteiger charge is -2.11.